The van der Waals surface area contributed by atoms with Crippen molar-refractivity contribution in [3.05, 3.63) is 65.5 Å². The number of nitrogens with zero attached hydrogens (tertiary/aromatic N) is 4. The number of thioether (sulfide) groups is 1. The molecule has 0 aliphatic rings. The first-order valence-corrected chi connectivity index (χ1v) is 9.72. The van der Waals surface area contributed by atoms with E-state index in [9.17, 15) is 4.39 Å². The van der Waals surface area contributed by atoms with E-state index in [-0.39, 0.29) is 12.4 Å². The normalized spacial score (nSPS) is 10.9. The van der Waals surface area contributed by atoms with Crippen LogP contribution in [0.25, 0.3) is 0 Å². The number of rotatable bonds is 10. The van der Waals surface area contributed by atoms with Crippen molar-refractivity contribution in [2.45, 2.75) is 24.7 Å². The van der Waals surface area contributed by atoms with Gasteiger partial charge in [-0.15, -0.1) is 5.10 Å². The molecule has 1 heterocycles. The summed E-state index contributed by atoms with van der Waals surface area (Å²) in [5.74, 6) is 1.45. The van der Waals surface area contributed by atoms with Crippen LogP contribution in [0.5, 0.6) is 5.75 Å². The maximum atomic E-state index is 13.6. The molecule has 3 rings (SSSR count). The first-order chi connectivity index (χ1) is 13.2. The van der Waals surface area contributed by atoms with Gasteiger partial charge in [-0.25, -0.2) is 9.07 Å². The van der Waals surface area contributed by atoms with Crippen LogP contribution in [0.1, 0.15) is 17.5 Å². The largest absolute Gasteiger partial charge is 0.489 e. The van der Waals surface area contributed by atoms with Crippen LogP contribution >= 0.6 is 11.8 Å². The fourth-order valence-corrected chi connectivity index (χ4v) is 3.25. The van der Waals surface area contributed by atoms with E-state index in [0.29, 0.717) is 5.56 Å². The summed E-state index contributed by atoms with van der Waals surface area (Å²) in [4.78, 5) is 0. The van der Waals surface area contributed by atoms with Crippen LogP contribution in [-0.2, 0) is 20.2 Å². The van der Waals surface area contributed by atoms with Gasteiger partial charge in [0.1, 0.15) is 18.2 Å². The van der Waals surface area contributed by atoms with Gasteiger partial charge < -0.3 is 10.1 Å². The second-order valence-corrected chi connectivity index (χ2v) is 7.05. The predicted molar refractivity (Wildman–Crippen MR) is 103 cm³/mol. The molecule has 0 atom stereocenters. The fraction of sp³-hybridized carbons (Fsp3) is 0.316. The number of halogens is 1. The molecule has 0 saturated carbocycles. The van der Waals surface area contributed by atoms with E-state index in [0.717, 1.165) is 41.7 Å². The second kappa shape index (κ2) is 10.0. The van der Waals surface area contributed by atoms with Crippen LogP contribution < -0.4 is 10.1 Å². The van der Waals surface area contributed by atoms with E-state index in [1.54, 1.807) is 34.6 Å². The Labute approximate surface area is 162 Å². The molecule has 0 unspecified atom stereocenters. The Hall–Kier alpha value is -2.45. The lowest BCUT2D eigenvalue weighted by Crippen LogP contribution is -2.15. The zero-order chi connectivity index (χ0) is 18.9. The van der Waals surface area contributed by atoms with Gasteiger partial charge >= 0.3 is 0 Å². The summed E-state index contributed by atoms with van der Waals surface area (Å²) in [6.07, 6.45) is 1.01. The van der Waals surface area contributed by atoms with E-state index in [2.05, 4.69) is 20.8 Å². The third kappa shape index (κ3) is 6.04. The molecule has 8 heteroatoms. The van der Waals surface area contributed by atoms with Gasteiger partial charge in [-0.3, -0.25) is 0 Å². The van der Waals surface area contributed by atoms with Crippen molar-refractivity contribution in [3.63, 3.8) is 0 Å². The van der Waals surface area contributed by atoms with E-state index < -0.39 is 0 Å². The number of nitrogens with one attached hydrogen (secondary N) is 1. The highest BCUT2D eigenvalue weighted by atomic mass is 32.2. The van der Waals surface area contributed by atoms with Gasteiger partial charge in [-0.1, -0.05) is 42.1 Å². The van der Waals surface area contributed by atoms with Gasteiger partial charge in [-0.05, 0) is 47.2 Å². The molecule has 27 heavy (non-hydrogen) atoms. The van der Waals surface area contributed by atoms with Crippen molar-refractivity contribution < 1.29 is 9.13 Å². The lowest BCUT2D eigenvalue weighted by molar-refractivity contribution is 0.299. The Bertz CT molecular complexity index is 857. The molecule has 0 saturated heterocycles. The summed E-state index contributed by atoms with van der Waals surface area (Å²) in [6.45, 7) is 1.88. The van der Waals surface area contributed by atoms with Gasteiger partial charge in [-0.2, -0.15) is 0 Å². The summed E-state index contributed by atoms with van der Waals surface area (Å²) in [6, 6.07) is 14.5. The minimum atomic E-state index is -0.245. The number of tetrazole rings is 1. The highest BCUT2D eigenvalue weighted by Crippen LogP contribution is 2.17. The minimum absolute atomic E-state index is 0.220. The molecule has 0 aliphatic carbocycles. The van der Waals surface area contributed by atoms with Gasteiger partial charge in [0.25, 0.3) is 0 Å². The summed E-state index contributed by atoms with van der Waals surface area (Å²) in [7, 11) is 1.84. The molecule has 142 valence electrons. The number of aromatic nitrogens is 4. The third-order valence-corrected chi connectivity index (χ3v) is 4.99. The van der Waals surface area contributed by atoms with Crippen molar-refractivity contribution in [3.8, 4) is 5.75 Å². The zero-order valence-corrected chi connectivity index (χ0v) is 16.0. The minimum Gasteiger partial charge on any atom is -0.489 e. The Balaban J connectivity index is 1.37. The molecule has 0 radical (unpaired) electrons. The summed E-state index contributed by atoms with van der Waals surface area (Å²) < 4.78 is 21.0. The predicted octanol–water partition coefficient (Wildman–Crippen LogP) is 3.20. The van der Waals surface area contributed by atoms with Crippen molar-refractivity contribution in [2.24, 2.45) is 7.05 Å². The highest BCUT2D eigenvalue weighted by molar-refractivity contribution is 7.99. The smallest absolute Gasteiger partial charge is 0.209 e. The lowest BCUT2D eigenvalue weighted by atomic mass is 10.2. The monoisotopic (exact) mass is 387 g/mol. The Morgan fingerprint density at radius 2 is 2.07 bits per heavy atom. The molecule has 0 amide bonds. The molecule has 2 aromatic carbocycles. The topological polar surface area (TPSA) is 64.9 Å². The van der Waals surface area contributed by atoms with Crippen LogP contribution in [0.15, 0.2) is 53.7 Å². The third-order valence-electron chi connectivity index (χ3n) is 3.89. The number of hydrogen-bond donors (Lipinski definition) is 1. The standard InChI is InChI=1S/C19H22FN5OS/c1-25-19(22-23-24-25)27-11-5-10-21-13-15-6-4-8-17(12-15)26-14-16-7-2-3-9-18(16)20/h2-4,6-9,12,21H,5,10-11,13-14H2,1H3. The lowest BCUT2D eigenvalue weighted by Gasteiger charge is -2.09. The quantitative estimate of drug-likeness (QED) is 0.426. The van der Waals surface area contributed by atoms with E-state index >= 15 is 0 Å². The van der Waals surface area contributed by atoms with E-state index in [1.165, 1.54) is 6.07 Å². The number of ether oxygens (including phenoxy) is 1. The molecule has 1 aromatic heterocycles. The maximum Gasteiger partial charge on any atom is 0.209 e. The van der Waals surface area contributed by atoms with Gasteiger partial charge in [0.2, 0.25) is 5.16 Å². The Kier molecular flexibility index (Phi) is 7.18. The van der Waals surface area contributed by atoms with E-state index in [1.807, 2.05) is 31.3 Å². The molecule has 1 N–H and O–H groups in total. The molecule has 0 spiro atoms. The molecule has 0 fully saturated rings. The SMILES string of the molecule is Cn1nnnc1SCCCNCc1cccc(OCc2ccccc2F)c1. The van der Waals surface area contributed by atoms with Crippen molar-refractivity contribution in [1.82, 2.24) is 25.5 Å². The van der Waals surface area contributed by atoms with Crippen molar-refractivity contribution >= 4 is 11.8 Å². The first-order valence-electron chi connectivity index (χ1n) is 8.73. The Morgan fingerprint density at radius 3 is 2.89 bits per heavy atom. The number of benzene rings is 2. The number of aryl methyl sites for hydroxylation is 1. The summed E-state index contributed by atoms with van der Waals surface area (Å²) in [5, 5.41) is 15.6. The van der Waals surface area contributed by atoms with Crippen LogP contribution in [0.3, 0.4) is 0 Å². The van der Waals surface area contributed by atoms with Crippen LogP contribution in [0.4, 0.5) is 4.39 Å². The molecular formula is C19H22FN5OS. The first kappa shape index (κ1) is 19.3. The van der Waals surface area contributed by atoms with Gasteiger partial charge in [0, 0.05) is 24.9 Å². The molecule has 0 aliphatic heterocycles. The van der Waals surface area contributed by atoms with Crippen LogP contribution in [0.2, 0.25) is 0 Å². The average molecular weight is 387 g/mol. The van der Waals surface area contributed by atoms with Crippen molar-refractivity contribution in [2.75, 3.05) is 12.3 Å². The highest BCUT2D eigenvalue weighted by Gasteiger charge is 2.04. The fourth-order valence-electron chi connectivity index (χ4n) is 2.46. The molecule has 3 aromatic rings. The average Bonchev–Trinajstić information content (AvgIpc) is 3.09. The zero-order valence-electron chi connectivity index (χ0n) is 15.1. The Morgan fingerprint density at radius 1 is 1.19 bits per heavy atom. The van der Waals surface area contributed by atoms with Crippen LogP contribution in [0, 0.1) is 5.82 Å². The molecule has 0 bridgehead atoms. The maximum absolute atomic E-state index is 13.6. The summed E-state index contributed by atoms with van der Waals surface area (Å²) >= 11 is 1.64. The molecule has 6 nitrogen and oxygen atoms in total. The number of hydrogen-bond acceptors (Lipinski definition) is 6. The van der Waals surface area contributed by atoms with E-state index in [4.69, 9.17) is 4.74 Å². The van der Waals surface area contributed by atoms with Crippen molar-refractivity contribution in [1.29, 1.82) is 0 Å². The van der Waals surface area contributed by atoms with Gasteiger partial charge in [0.05, 0.1) is 0 Å². The summed E-state index contributed by atoms with van der Waals surface area (Å²) in [5.41, 5.74) is 1.68. The van der Waals surface area contributed by atoms with Crippen LogP contribution in [-0.4, -0.2) is 32.5 Å². The molecular weight excluding hydrogens is 365 g/mol. The second-order valence-electron chi connectivity index (χ2n) is 5.99. The van der Waals surface area contributed by atoms with Gasteiger partial charge in [0.15, 0.2) is 0 Å².